The highest BCUT2D eigenvalue weighted by molar-refractivity contribution is 7.92. The molecule has 0 aliphatic carbocycles. The van der Waals surface area contributed by atoms with E-state index in [1.54, 1.807) is 31.2 Å². The normalized spacial score (nSPS) is 11.2. The molecule has 2 N–H and O–H groups in total. The van der Waals surface area contributed by atoms with Crippen LogP contribution in [0, 0.1) is 5.82 Å². The molecule has 1 amide bonds. The summed E-state index contributed by atoms with van der Waals surface area (Å²) in [5.74, 6) is -0.927. The Kier molecular flexibility index (Phi) is 6.39. The zero-order chi connectivity index (χ0) is 18.4. The lowest BCUT2D eigenvalue weighted by Gasteiger charge is -2.10. The lowest BCUT2D eigenvalue weighted by Crippen LogP contribution is -2.17. The van der Waals surface area contributed by atoms with Crippen LogP contribution in [0.2, 0.25) is 5.02 Å². The number of hydrogen-bond acceptors (Lipinski definition) is 3. The fourth-order valence-corrected chi connectivity index (χ4v) is 3.55. The van der Waals surface area contributed by atoms with Crippen molar-refractivity contribution in [3.05, 3.63) is 58.9 Å². The van der Waals surface area contributed by atoms with Crippen LogP contribution in [0.4, 0.5) is 15.8 Å². The summed E-state index contributed by atoms with van der Waals surface area (Å²) < 4.78 is 39.5. The van der Waals surface area contributed by atoms with E-state index in [9.17, 15) is 17.6 Å². The van der Waals surface area contributed by atoms with Crippen LogP contribution in [0.25, 0.3) is 0 Å². The Balaban J connectivity index is 2.00. The molecule has 0 spiro atoms. The van der Waals surface area contributed by atoms with E-state index >= 15 is 0 Å². The molecular weight excluding hydrogens is 367 g/mol. The van der Waals surface area contributed by atoms with Gasteiger partial charge in [-0.15, -0.1) is 0 Å². The van der Waals surface area contributed by atoms with Gasteiger partial charge in [-0.1, -0.05) is 24.6 Å². The Labute approximate surface area is 151 Å². The van der Waals surface area contributed by atoms with E-state index in [-0.39, 0.29) is 22.8 Å². The monoisotopic (exact) mass is 384 g/mol. The predicted molar refractivity (Wildman–Crippen MR) is 97.9 cm³/mol. The maximum absolute atomic E-state index is 13.7. The molecule has 0 saturated carbocycles. The molecule has 8 heteroatoms. The van der Waals surface area contributed by atoms with Crippen molar-refractivity contribution in [3.8, 4) is 0 Å². The maximum atomic E-state index is 13.7. The molecule has 0 aliphatic rings. The molecule has 0 aliphatic heterocycles. The molecule has 2 rings (SSSR count). The van der Waals surface area contributed by atoms with Crippen LogP contribution >= 0.6 is 11.6 Å². The minimum Gasteiger partial charge on any atom is -0.326 e. The van der Waals surface area contributed by atoms with Crippen molar-refractivity contribution >= 4 is 38.9 Å². The number of anilines is 2. The fourth-order valence-electron chi connectivity index (χ4n) is 2.19. The number of nitrogens with one attached hydrogen (secondary N) is 2. The summed E-state index contributed by atoms with van der Waals surface area (Å²) >= 11 is 5.90. The van der Waals surface area contributed by atoms with Crippen molar-refractivity contribution in [1.29, 1.82) is 0 Å². The number of sulfonamides is 1. The quantitative estimate of drug-likeness (QED) is 0.762. The molecule has 134 valence electrons. The van der Waals surface area contributed by atoms with Crippen molar-refractivity contribution in [3.63, 3.8) is 0 Å². The van der Waals surface area contributed by atoms with Gasteiger partial charge in [0.05, 0.1) is 12.2 Å². The average Bonchev–Trinajstić information content (AvgIpc) is 2.52. The van der Waals surface area contributed by atoms with Crippen molar-refractivity contribution in [2.24, 2.45) is 0 Å². The minimum absolute atomic E-state index is 0.0366. The summed E-state index contributed by atoms with van der Waals surface area (Å²) in [6, 6.07) is 10.4. The van der Waals surface area contributed by atoms with E-state index in [0.29, 0.717) is 17.8 Å². The van der Waals surface area contributed by atoms with E-state index < -0.39 is 21.7 Å². The molecule has 0 atom stereocenters. The van der Waals surface area contributed by atoms with Gasteiger partial charge in [0.1, 0.15) is 5.82 Å². The Morgan fingerprint density at radius 3 is 2.36 bits per heavy atom. The number of benzene rings is 2. The third-order valence-corrected chi connectivity index (χ3v) is 5.16. The second-order valence-electron chi connectivity index (χ2n) is 5.42. The largest absolute Gasteiger partial charge is 0.326 e. The Hall–Kier alpha value is -2.12. The highest BCUT2D eigenvalue weighted by Gasteiger charge is 2.12. The van der Waals surface area contributed by atoms with E-state index in [1.807, 2.05) is 0 Å². The summed E-state index contributed by atoms with van der Waals surface area (Å²) in [4.78, 5) is 12.0. The number of carbonyl (C=O) groups excluding carboxylic acids is 1. The molecule has 2 aromatic rings. The van der Waals surface area contributed by atoms with Gasteiger partial charge in [0.15, 0.2) is 0 Å². The van der Waals surface area contributed by atoms with Crippen molar-refractivity contribution in [1.82, 2.24) is 0 Å². The summed E-state index contributed by atoms with van der Waals surface area (Å²) in [6.45, 7) is 1.78. The van der Waals surface area contributed by atoms with Gasteiger partial charge in [-0.2, -0.15) is 0 Å². The van der Waals surface area contributed by atoms with E-state index in [0.717, 1.165) is 0 Å². The first-order valence-electron chi connectivity index (χ1n) is 7.64. The number of halogens is 2. The number of rotatable bonds is 7. The molecule has 0 aromatic heterocycles. The average molecular weight is 385 g/mol. The zero-order valence-electron chi connectivity index (χ0n) is 13.6. The van der Waals surface area contributed by atoms with E-state index in [2.05, 4.69) is 10.0 Å². The van der Waals surface area contributed by atoms with E-state index in [1.165, 1.54) is 18.2 Å². The van der Waals surface area contributed by atoms with Gasteiger partial charge in [0, 0.05) is 22.0 Å². The molecule has 0 radical (unpaired) electrons. The Bertz CT molecular complexity index is 834. The smallest absolute Gasteiger partial charge is 0.232 e. The molecule has 0 bridgehead atoms. The first-order chi connectivity index (χ1) is 11.8. The van der Waals surface area contributed by atoms with Crippen LogP contribution in [0.15, 0.2) is 42.5 Å². The third-order valence-electron chi connectivity index (χ3n) is 3.31. The van der Waals surface area contributed by atoms with Crippen molar-refractivity contribution < 1.29 is 17.6 Å². The van der Waals surface area contributed by atoms with Gasteiger partial charge < -0.3 is 5.32 Å². The second kappa shape index (κ2) is 8.31. The highest BCUT2D eigenvalue weighted by Crippen LogP contribution is 2.20. The SMILES string of the molecule is CCCS(=O)(=O)Nc1ccc(NC(=O)Cc2c(F)cccc2Cl)cc1. The van der Waals surface area contributed by atoms with Gasteiger partial charge in [0.2, 0.25) is 15.9 Å². The molecule has 0 heterocycles. The summed E-state index contributed by atoms with van der Waals surface area (Å²) in [5, 5.41) is 2.81. The van der Waals surface area contributed by atoms with E-state index in [4.69, 9.17) is 11.6 Å². The van der Waals surface area contributed by atoms with Crippen LogP contribution in [0.3, 0.4) is 0 Å². The molecule has 0 unspecified atom stereocenters. The summed E-state index contributed by atoms with van der Waals surface area (Å²) in [7, 11) is -3.36. The summed E-state index contributed by atoms with van der Waals surface area (Å²) in [5.41, 5.74) is 1.00. The van der Waals surface area contributed by atoms with Gasteiger partial charge in [-0.25, -0.2) is 12.8 Å². The first kappa shape index (κ1) is 19.2. The molecule has 5 nitrogen and oxygen atoms in total. The number of carbonyl (C=O) groups is 1. The van der Waals surface area contributed by atoms with Gasteiger partial charge >= 0.3 is 0 Å². The lowest BCUT2D eigenvalue weighted by molar-refractivity contribution is -0.115. The van der Waals surface area contributed by atoms with Gasteiger partial charge in [-0.3, -0.25) is 9.52 Å². The lowest BCUT2D eigenvalue weighted by atomic mass is 10.1. The molecular formula is C17H18ClFN2O3S. The van der Waals surface area contributed by atoms with Crippen LogP contribution in [0.5, 0.6) is 0 Å². The van der Waals surface area contributed by atoms with Gasteiger partial charge in [-0.05, 0) is 42.8 Å². The molecule has 0 saturated heterocycles. The Morgan fingerprint density at radius 1 is 1.12 bits per heavy atom. The zero-order valence-corrected chi connectivity index (χ0v) is 15.1. The molecule has 2 aromatic carbocycles. The first-order valence-corrected chi connectivity index (χ1v) is 9.67. The highest BCUT2D eigenvalue weighted by atomic mass is 35.5. The minimum atomic E-state index is -3.36. The number of hydrogen-bond donors (Lipinski definition) is 2. The van der Waals surface area contributed by atoms with Crippen LogP contribution in [0.1, 0.15) is 18.9 Å². The molecule has 0 fully saturated rings. The van der Waals surface area contributed by atoms with Crippen LogP contribution in [-0.2, 0) is 21.2 Å². The van der Waals surface area contributed by atoms with Crippen LogP contribution < -0.4 is 10.0 Å². The number of amides is 1. The maximum Gasteiger partial charge on any atom is 0.232 e. The fraction of sp³-hybridized carbons (Fsp3) is 0.235. The predicted octanol–water partition coefficient (Wildman–Crippen LogP) is 3.81. The summed E-state index contributed by atoms with van der Waals surface area (Å²) in [6.07, 6.45) is 0.318. The van der Waals surface area contributed by atoms with Gasteiger partial charge in [0.25, 0.3) is 0 Å². The second-order valence-corrected chi connectivity index (χ2v) is 7.67. The molecule has 25 heavy (non-hydrogen) atoms. The Morgan fingerprint density at radius 2 is 1.76 bits per heavy atom. The third kappa shape index (κ3) is 5.72. The topological polar surface area (TPSA) is 75.3 Å². The van der Waals surface area contributed by atoms with Crippen molar-refractivity contribution in [2.45, 2.75) is 19.8 Å². The van der Waals surface area contributed by atoms with Crippen LogP contribution in [-0.4, -0.2) is 20.1 Å². The standard InChI is InChI=1S/C17H18ClFN2O3S/c1-2-10-25(23,24)21-13-8-6-12(7-9-13)20-17(22)11-14-15(18)4-3-5-16(14)19/h3-9,21H,2,10-11H2,1H3,(H,20,22). The van der Waals surface area contributed by atoms with Crippen molar-refractivity contribution in [2.75, 3.05) is 15.8 Å².